The summed E-state index contributed by atoms with van der Waals surface area (Å²) in [6.45, 7) is 3.03. The van der Waals surface area contributed by atoms with E-state index >= 15 is 0 Å². The van der Waals surface area contributed by atoms with E-state index in [1.54, 1.807) is 4.31 Å². The zero-order chi connectivity index (χ0) is 17.0. The van der Waals surface area contributed by atoms with Crippen molar-refractivity contribution in [3.8, 4) is 0 Å². The molecule has 24 heavy (non-hydrogen) atoms. The Morgan fingerprint density at radius 2 is 1.75 bits per heavy atom. The average Bonchev–Trinajstić information content (AvgIpc) is 2.57. The molecular formula is C19H30N2O2S. The predicted molar refractivity (Wildman–Crippen MR) is 98.2 cm³/mol. The Balaban J connectivity index is 1.70. The molecule has 1 saturated heterocycles. The van der Waals surface area contributed by atoms with Crippen molar-refractivity contribution < 1.29 is 8.42 Å². The number of piperazine rings is 1. The highest BCUT2D eigenvalue weighted by Gasteiger charge is 2.33. The first-order valence-electron chi connectivity index (χ1n) is 9.25. The van der Waals surface area contributed by atoms with Crippen LogP contribution >= 0.6 is 0 Å². The van der Waals surface area contributed by atoms with Gasteiger partial charge in [0.1, 0.15) is 0 Å². The Morgan fingerprint density at radius 3 is 2.42 bits per heavy atom. The number of hydrogen-bond acceptors (Lipinski definition) is 3. The van der Waals surface area contributed by atoms with Crippen molar-refractivity contribution in [2.24, 2.45) is 5.92 Å². The zero-order valence-corrected chi connectivity index (χ0v) is 15.5. The normalized spacial score (nSPS) is 25.0. The van der Waals surface area contributed by atoms with Crippen molar-refractivity contribution in [2.45, 2.75) is 51.1 Å². The van der Waals surface area contributed by atoms with Gasteiger partial charge in [0.05, 0.1) is 6.26 Å². The molecule has 1 unspecified atom stereocenters. The molecule has 0 aromatic heterocycles. The molecule has 1 aliphatic carbocycles. The maximum atomic E-state index is 12.0. The number of hydrogen-bond donors (Lipinski definition) is 0. The molecule has 0 spiro atoms. The predicted octanol–water partition coefficient (Wildman–Crippen LogP) is 3.10. The van der Waals surface area contributed by atoms with Gasteiger partial charge < -0.3 is 0 Å². The number of benzene rings is 1. The van der Waals surface area contributed by atoms with Crippen LogP contribution < -0.4 is 0 Å². The van der Waals surface area contributed by atoms with Gasteiger partial charge in [0.15, 0.2) is 0 Å². The van der Waals surface area contributed by atoms with Crippen LogP contribution in [0.25, 0.3) is 0 Å². The molecule has 5 heteroatoms. The van der Waals surface area contributed by atoms with Crippen LogP contribution in [0, 0.1) is 5.92 Å². The Kier molecular flexibility index (Phi) is 5.95. The highest BCUT2D eigenvalue weighted by Crippen LogP contribution is 2.30. The van der Waals surface area contributed by atoms with Crippen LogP contribution in [0.1, 0.15) is 44.1 Å². The summed E-state index contributed by atoms with van der Waals surface area (Å²) in [5, 5.41) is 0. The van der Waals surface area contributed by atoms with Gasteiger partial charge in [-0.1, -0.05) is 62.4 Å². The fourth-order valence-electron chi connectivity index (χ4n) is 4.22. The quantitative estimate of drug-likeness (QED) is 0.819. The first-order valence-corrected chi connectivity index (χ1v) is 11.1. The highest BCUT2D eigenvalue weighted by atomic mass is 32.2. The standard InChI is InChI=1S/C19H30N2O2S/c1-24(22,23)21-13-12-20(15-18-10-6-3-7-11-18)19(16-21)14-17-8-4-2-5-9-17/h3,6-7,10-11,17,19H,2,4-5,8-9,12-16H2,1H3. The smallest absolute Gasteiger partial charge is 0.211 e. The second-order valence-corrected chi connectivity index (χ2v) is 9.45. The number of nitrogens with zero attached hydrogens (tertiary/aromatic N) is 2. The van der Waals surface area contributed by atoms with Crippen LogP contribution in [0.5, 0.6) is 0 Å². The van der Waals surface area contributed by atoms with Crippen LogP contribution in [-0.2, 0) is 16.6 Å². The minimum Gasteiger partial charge on any atom is -0.294 e. The summed E-state index contributed by atoms with van der Waals surface area (Å²) in [4.78, 5) is 2.51. The molecule has 3 rings (SSSR count). The fraction of sp³-hybridized carbons (Fsp3) is 0.684. The largest absolute Gasteiger partial charge is 0.294 e. The third-order valence-corrected chi connectivity index (χ3v) is 6.86. The van der Waals surface area contributed by atoms with E-state index in [-0.39, 0.29) is 0 Å². The molecule has 1 heterocycles. The molecule has 0 amide bonds. The minimum atomic E-state index is -3.09. The summed E-state index contributed by atoms with van der Waals surface area (Å²) in [5.41, 5.74) is 1.32. The number of rotatable bonds is 5. The Bertz CT molecular complexity index is 612. The molecule has 1 atom stereocenters. The Labute approximate surface area is 146 Å². The van der Waals surface area contributed by atoms with E-state index in [4.69, 9.17) is 0 Å². The molecule has 0 N–H and O–H groups in total. The van der Waals surface area contributed by atoms with Gasteiger partial charge in [0.25, 0.3) is 0 Å². The van der Waals surface area contributed by atoms with Crippen molar-refractivity contribution in [3.63, 3.8) is 0 Å². The second kappa shape index (κ2) is 7.98. The van der Waals surface area contributed by atoms with E-state index < -0.39 is 10.0 Å². The molecule has 1 aromatic carbocycles. The minimum absolute atomic E-state index is 0.344. The van der Waals surface area contributed by atoms with Crippen molar-refractivity contribution in [1.29, 1.82) is 0 Å². The van der Waals surface area contributed by atoms with Gasteiger partial charge in [-0.3, -0.25) is 4.90 Å². The summed E-state index contributed by atoms with van der Waals surface area (Å²) >= 11 is 0. The lowest BCUT2D eigenvalue weighted by atomic mass is 9.84. The van der Waals surface area contributed by atoms with Crippen molar-refractivity contribution in [1.82, 2.24) is 9.21 Å². The average molecular weight is 351 g/mol. The van der Waals surface area contributed by atoms with E-state index in [9.17, 15) is 8.42 Å². The molecule has 1 saturated carbocycles. The summed E-state index contributed by atoms with van der Waals surface area (Å²) in [6, 6.07) is 10.9. The zero-order valence-electron chi connectivity index (χ0n) is 14.7. The van der Waals surface area contributed by atoms with Crippen LogP contribution in [0.4, 0.5) is 0 Å². The topological polar surface area (TPSA) is 40.6 Å². The SMILES string of the molecule is CS(=O)(=O)N1CCN(Cc2ccccc2)C(CC2CCCCC2)C1. The van der Waals surface area contributed by atoms with Crippen LogP contribution in [-0.4, -0.2) is 49.6 Å². The summed E-state index contributed by atoms with van der Waals surface area (Å²) in [6.07, 6.45) is 9.15. The van der Waals surface area contributed by atoms with Crippen molar-refractivity contribution in [2.75, 3.05) is 25.9 Å². The first-order chi connectivity index (χ1) is 11.5. The fourth-order valence-corrected chi connectivity index (χ4v) is 5.08. The maximum Gasteiger partial charge on any atom is 0.211 e. The van der Waals surface area contributed by atoms with E-state index in [0.29, 0.717) is 19.1 Å². The first kappa shape index (κ1) is 17.9. The van der Waals surface area contributed by atoms with Gasteiger partial charge in [-0.25, -0.2) is 8.42 Å². The summed E-state index contributed by atoms with van der Waals surface area (Å²) < 4.78 is 25.7. The molecule has 2 fully saturated rings. The third-order valence-electron chi connectivity index (χ3n) is 5.60. The number of sulfonamides is 1. The van der Waals surface area contributed by atoms with Crippen molar-refractivity contribution >= 4 is 10.0 Å². The second-order valence-electron chi connectivity index (χ2n) is 7.47. The molecular weight excluding hydrogens is 320 g/mol. The van der Waals surface area contributed by atoms with Gasteiger partial charge in [0, 0.05) is 32.2 Å². The van der Waals surface area contributed by atoms with Crippen molar-refractivity contribution in [3.05, 3.63) is 35.9 Å². The van der Waals surface area contributed by atoms with Crippen LogP contribution in [0.2, 0.25) is 0 Å². The molecule has 1 aliphatic heterocycles. The monoisotopic (exact) mass is 350 g/mol. The molecule has 4 nitrogen and oxygen atoms in total. The van der Waals surface area contributed by atoms with Gasteiger partial charge in [0.2, 0.25) is 10.0 Å². The van der Waals surface area contributed by atoms with E-state index in [0.717, 1.165) is 25.4 Å². The lowest BCUT2D eigenvalue weighted by Gasteiger charge is -2.42. The van der Waals surface area contributed by atoms with E-state index in [1.165, 1.54) is 43.9 Å². The molecule has 2 aliphatic rings. The third kappa shape index (κ3) is 4.80. The maximum absolute atomic E-state index is 12.0. The van der Waals surface area contributed by atoms with Gasteiger partial charge in [-0.05, 0) is 17.9 Å². The summed E-state index contributed by atoms with van der Waals surface area (Å²) in [7, 11) is -3.09. The van der Waals surface area contributed by atoms with E-state index in [2.05, 4.69) is 29.2 Å². The lowest BCUT2D eigenvalue weighted by Crippen LogP contribution is -2.54. The Morgan fingerprint density at radius 1 is 1.04 bits per heavy atom. The van der Waals surface area contributed by atoms with E-state index in [1.807, 2.05) is 6.07 Å². The van der Waals surface area contributed by atoms with Gasteiger partial charge in [-0.15, -0.1) is 0 Å². The molecule has 0 radical (unpaired) electrons. The highest BCUT2D eigenvalue weighted by molar-refractivity contribution is 7.88. The molecule has 134 valence electrons. The summed E-state index contributed by atoms with van der Waals surface area (Å²) in [5.74, 6) is 0.765. The van der Waals surface area contributed by atoms with Gasteiger partial charge >= 0.3 is 0 Å². The lowest BCUT2D eigenvalue weighted by molar-refractivity contribution is 0.0866. The van der Waals surface area contributed by atoms with Crippen LogP contribution in [0.3, 0.4) is 0 Å². The van der Waals surface area contributed by atoms with Crippen LogP contribution in [0.15, 0.2) is 30.3 Å². The Hall–Kier alpha value is -0.910. The van der Waals surface area contributed by atoms with Gasteiger partial charge in [-0.2, -0.15) is 4.31 Å². The molecule has 0 bridgehead atoms. The molecule has 1 aromatic rings.